The smallest absolute Gasteiger partial charge is 0.416 e. The number of ether oxygens (including phenoxy) is 1. The van der Waals surface area contributed by atoms with Crippen molar-refractivity contribution in [2.24, 2.45) is 5.73 Å². The number of hydrogen-bond acceptors (Lipinski definition) is 4. The van der Waals surface area contributed by atoms with Crippen LogP contribution in [0.15, 0.2) is 24.3 Å². The number of alkyl halides is 3. The van der Waals surface area contributed by atoms with Gasteiger partial charge >= 0.3 is 18.1 Å². The molecule has 8 heteroatoms. The Morgan fingerprint density at radius 2 is 1.70 bits per heavy atom. The second kappa shape index (κ2) is 6.19. The average molecular weight is 333 g/mol. The molecule has 0 aliphatic rings. The van der Waals surface area contributed by atoms with Crippen molar-refractivity contribution in [1.29, 1.82) is 0 Å². The van der Waals surface area contributed by atoms with E-state index in [-0.39, 0.29) is 0 Å². The molecule has 0 bridgehead atoms. The molecule has 1 unspecified atom stereocenters. The van der Waals surface area contributed by atoms with E-state index in [9.17, 15) is 27.9 Å². The summed E-state index contributed by atoms with van der Waals surface area (Å²) in [6.07, 6.45) is -5.53. The van der Waals surface area contributed by atoms with Gasteiger partial charge in [-0.1, -0.05) is 18.2 Å². The molecule has 0 heterocycles. The van der Waals surface area contributed by atoms with Crippen LogP contribution in [-0.2, 0) is 26.9 Å². The highest BCUT2D eigenvalue weighted by Crippen LogP contribution is 2.33. The minimum atomic E-state index is -4.69. The highest BCUT2D eigenvalue weighted by atomic mass is 19.4. The molecule has 1 rings (SSSR count). The van der Waals surface area contributed by atoms with Gasteiger partial charge in [0.25, 0.3) is 0 Å². The van der Waals surface area contributed by atoms with E-state index in [0.29, 0.717) is 0 Å². The topological polar surface area (TPSA) is 89.6 Å². The van der Waals surface area contributed by atoms with E-state index in [2.05, 4.69) is 0 Å². The van der Waals surface area contributed by atoms with E-state index in [0.717, 1.165) is 12.1 Å². The summed E-state index contributed by atoms with van der Waals surface area (Å²) in [4.78, 5) is 23.5. The van der Waals surface area contributed by atoms with Crippen LogP contribution >= 0.6 is 0 Å². The minimum absolute atomic E-state index is 0.393. The summed E-state index contributed by atoms with van der Waals surface area (Å²) in [5.41, 5.74) is 0.516. The first kappa shape index (κ1) is 19.0. The van der Waals surface area contributed by atoms with Crippen LogP contribution in [0.2, 0.25) is 0 Å². The second-order valence-corrected chi connectivity index (χ2v) is 6.11. The Kier molecular flexibility index (Phi) is 5.10. The summed E-state index contributed by atoms with van der Waals surface area (Å²) in [6, 6.07) is 4.35. The standard InChI is InChI=1S/C15H18F3NO4/c1-13(2,3)23-12(22)14(19,11(20)21)8-9-6-4-5-7-10(9)15(16,17)18/h4-7H,8,19H2,1-3H3,(H,20,21). The predicted molar refractivity (Wildman–Crippen MR) is 75.5 cm³/mol. The summed E-state index contributed by atoms with van der Waals surface area (Å²) >= 11 is 0. The zero-order chi connectivity index (χ0) is 18.1. The normalized spacial score (nSPS) is 14.9. The lowest BCUT2D eigenvalue weighted by Gasteiger charge is -2.28. The Labute approximate surface area is 131 Å². The van der Waals surface area contributed by atoms with Gasteiger partial charge in [0.1, 0.15) is 5.60 Å². The maximum atomic E-state index is 13.0. The molecular formula is C15H18F3NO4. The molecule has 0 radical (unpaired) electrons. The van der Waals surface area contributed by atoms with Gasteiger partial charge in [-0.25, -0.2) is 9.59 Å². The molecular weight excluding hydrogens is 315 g/mol. The van der Waals surface area contributed by atoms with Crippen LogP contribution in [0.1, 0.15) is 31.9 Å². The predicted octanol–water partition coefficient (Wildman–Crippen LogP) is 2.37. The molecule has 0 aliphatic carbocycles. The van der Waals surface area contributed by atoms with Crippen molar-refractivity contribution in [2.45, 2.75) is 44.5 Å². The first-order chi connectivity index (χ1) is 10.3. The van der Waals surface area contributed by atoms with E-state index in [1.165, 1.54) is 32.9 Å². The van der Waals surface area contributed by atoms with Crippen LogP contribution in [0, 0.1) is 0 Å². The van der Waals surface area contributed by atoms with Crippen LogP contribution in [0.3, 0.4) is 0 Å². The van der Waals surface area contributed by atoms with E-state index < -0.39 is 46.8 Å². The van der Waals surface area contributed by atoms with Crippen molar-refractivity contribution in [2.75, 3.05) is 0 Å². The number of nitrogens with two attached hydrogens (primary N) is 1. The third kappa shape index (κ3) is 4.69. The second-order valence-electron chi connectivity index (χ2n) is 6.11. The number of carboxylic acids is 1. The molecule has 0 aliphatic heterocycles. The molecule has 0 amide bonds. The summed E-state index contributed by atoms with van der Waals surface area (Å²) in [7, 11) is 0. The summed E-state index contributed by atoms with van der Waals surface area (Å²) in [6.45, 7) is 4.49. The van der Waals surface area contributed by atoms with Gasteiger partial charge in [0.15, 0.2) is 0 Å². The molecule has 3 N–H and O–H groups in total. The fraction of sp³-hybridized carbons (Fsp3) is 0.467. The summed E-state index contributed by atoms with van der Waals surface area (Å²) in [5.74, 6) is -3.06. The Morgan fingerprint density at radius 3 is 2.13 bits per heavy atom. The van der Waals surface area contributed by atoms with Gasteiger partial charge in [-0.3, -0.25) is 0 Å². The molecule has 0 fully saturated rings. The Balaban J connectivity index is 3.25. The van der Waals surface area contributed by atoms with Crippen molar-refractivity contribution < 1.29 is 32.6 Å². The molecule has 0 aromatic heterocycles. The highest BCUT2D eigenvalue weighted by Gasteiger charge is 2.47. The minimum Gasteiger partial charge on any atom is -0.479 e. The van der Waals surface area contributed by atoms with Crippen LogP contribution < -0.4 is 5.73 Å². The maximum absolute atomic E-state index is 13.0. The largest absolute Gasteiger partial charge is 0.479 e. The summed E-state index contributed by atoms with van der Waals surface area (Å²) in [5, 5.41) is 9.25. The number of benzene rings is 1. The molecule has 128 valence electrons. The van der Waals surface area contributed by atoms with Crippen molar-refractivity contribution >= 4 is 11.9 Å². The fourth-order valence-corrected chi connectivity index (χ4v) is 1.86. The van der Waals surface area contributed by atoms with Crippen molar-refractivity contribution in [3.8, 4) is 0 Å². The third-order valence-corrected chi connectivity index (χ3v) is 2.94. The van der Waals surface area contributed by atoms with Gasteiger partial charge in [-0.05, 0) is 32.4 Å². The number of aliphatic carboxylic acids is 1. The first-order valence-electron chi connectivity index (χ1n) is 6.68. The molecule has 0 saturated carbocycles. The zero-order valence-corrected chi connectivity index (χ0v) is 12.9. The SMILES string of the molecule is CC(C)(C)OC(=O)C(N)(Cc1ccccc1C(F)(F)F)C(=O)O. The zero-order valence-electron chi connectivity index (χ0n) is 12.9. The van der Waals surface area contributed by atoms with Gasteiger partial charge < -0.3 is 15.6 Å². The lowest BCUT2D eigenvalue weighted by molar-refractivity contribution is -0.169. The average Bonchev–Trinajstić information content (AvgIpc) is 2.35. The fourth-order valence-electron chi connectivity index (χ4n) is 1.86. The first-order valence-corrected chi connectivity index (χ1v) is 6.68. The molecule has 23 heavy (non-hydrogen) atoms. The van der Waals surface area contributed by atoms with Gasteiger partial charge in [-0.15, -0.1) is 0 Å². The summed E-state index contributed by atoms with van der Waals surface area (Å²) < 4.78 is 43.9. The molecule has 5 nitrogen and oxygen atoms in total. The van der Waals surface area contributed by atoms with Crippen LogP contribution in [0.25, 0.3) is 0 Å². The lowest BCUT2D eigenvalue weighted by atomic mass is 9.89. The quantitative estimate of drug-likeness (QED) is 0.652. The van der Waals surface area contributed by atoms with Gasteiger partial charge in [-0.2, -0.15) is 13.2 Å². The Hall–Kier alpha value is -2.09. The van der Waals surface area contributed by atoms with Crippen LogP contribution in [0.4, 0.5) is 13.2 Å². The third-order valence-electron chi connectivity index (χ3n) is 2.94. The molecule has 1 aromatic rings. The van der Waals surface area contributed by atoms with Crippen molar-refractivity contribution in [3.05, 3.63) is 35.4 Å². The Bertz CT molecular complexity index is 607. The van der Waals surface area contributed by atoms with E-state index in [1.54, 1.807) is 0 Å². The van der Waals surface area contributed by atoms with Crippen LogP contribution in [-0.4, -0.2) is 28.2 Å². The number of esters is 1. The molecule has 1 aromatic carbocycles. The lowest BCUT2D eigenvalue weighted by Crippen LogP contribution is -2.58. The Morgan fingerprint density at radius 1 is 1.17 bits per heavy atom. The van der Waals surface area contributed by atoms with E-state index >= 15 is 0 Å². The number of carbonyl (C=O) groups is 2. The number of hydrogen-bond donors (Lipinski definition) is 2. The van der Waals surface area contributed by atoms with E-state index in [4.69, 9.17) is 10.5 Å². The van der Waals surface area contributed by atoms with Crippen molar-refractivity contribution in [3.63, 3.8) is 0 Å². The maximum Gasteiger partial charge on any atom is 0.416 e. The van der Waals surface area contributed by atoms with Gasteiger partial charge in [0.2, 0.25) is 5.54 Å². The van der Waals surface area contributed by atoms with Gasteiger partial charge in [0, 0.05) is 6.42 Å². The van der Waals surface area contributed by atoms with Crippen molar-refractivity contribution in [1.82, 2.24) is 0 Å². The highest BCUT2D eigenvalue weighted by molar-refractivity contribution is 6.04. The number of carboxylic acid groups (broad SMARTS) is 1. The van der Waals surface area contributed by atoms with E-state index in [1.807, 2.05) is 0 Å². The number of rotatable bonds is 4. The molecule has 1 atom stereocenters. The number of carbonyl (C=O) groups excluding carboxylic acids is 1. The number of halogens is 3. The van der Waals surface area contributed by atoms with Crippen LogP contribution in [0.5, 0.6) is 0 Å². The molecule has 0 spiro atoms. The monoisotopic (exact) mass is 333 g/mol. The molecule has 0 saturated heterocycles. The van der Waals surface area contributed by atoms with Gasteiger partial charge in [0.05, 0.1) is 5.56 Å².